The van der Waals surface area contributed by atoms with E-state index in [0.717, 1.165) is 17.7 Å². The number of halogens is 4. The third-order valence-corrected chi connectivity index (χ3v) is 5.17. The second-order valence-electron chi connectivity index (χ2n) is 6.38. The molecule has 0 fully saturated rings. The van der Waals surface area contributed by atoms with Gasteiger partial charge < -0.3 is 14.6 Å². The Kier molecular flexibility index (Phi) is 6.84. The van der Waals surface area contributed by atoms with E-state index in [1.807, 2.05) is 10.8 Å². The maximum absolute atomic E-state index is 13.0. The van der Waals surface area contributed by atoms with Gasteiger partial charge in [-0.1, -0.05) is 11.6 Å². The van der Waals surface area contributed by atoms with Crippen molar-refractivity contribution >= 4 is 40.4 Å². The number of carbonyl (C=O) groups excluding carboxylic acids is 2. The summed E-state index contributed by atoms with van der Waals surface area (Å²) in [5, 5.41) is 5.59. The fourth-order valence-electron chi connectivity index (χ4n) is 2.70. The first-order valence-corrected chi connectivity index (χ1v) is 10.0. The Morgan fingerprint density at radius 1 is 1.20 bits per heavy atom. The number of nitrogens with zero attached hydrogens (tertiary/aromatic N) is 1. The predicted octanol–water partition coefficient (Wildman–Crippen LogP) is 5.22. The van der Waals surface area contributed by atoms with Crippen LogP contribution < -0.4 is 5.32 Å². The van der Waals surface area contributed by atoms with Crippen molar-refractivity contribution in [2.24, 2.45) is 0 Å². The van der Waals surface area contributed by atoms with E-state index < -0.39 is 22.7 Å². The SMILES string of the molecule is O=C(CN(Cc1ccco1)C(=O)Cc1ccsc1)Nc1ccc(Cl)c(C(F)(F)F)c1. The van der Waals surface area contributed by atoms with E-state index in [0.29, 0.717) is 5.76 Å². The highest BCUT2D eigenvalue weighted by molar-refractivity contribution is 7.08. The maximum atomic E-state index is 13.0. The molecule has 0 saturated heterocycles. The van der Waals surface area contributed by atoms with Crippen LogP contribution in [-0.2, 0) is 28.7 Å². The number of carbonyl (C=O) groups is 2. The van der Waals surface area contributed by atoms with E-state index in [2.05, 4.69) is 5.32 Å². The summed E-state index contributed by atoms with van der Waals surface area (Å²) in [6, 6.07) is 8.20. The van der Waals surface area contributed by atoms with Crippen molar-refractivity contribution in [3.63, 3.8) is 0 Å². The molecule has 1 aromatic carbocycles. The highest BCUT2D eigenvalue weighted by Crippen LogP contribution is 2.36. The number of hydrogen-bond donors (Lipinski definition) is 1. The van der Waals surface area contributed by atoms with Crippen LogP contribution in [0.5, 0.6) is 0 Å². The van der Waals surface area contributed by atoms with Crippen LogP contribution in [0.1, 0.15) is 16.9 Å². The van der Waals surface area contributed by atoms with Crippen molar-refractivity contribution in [2.45, 2.75) is 19.1 Å². The van der Waals surface area contributed by atoms with Gasteiger partial charge in [0.1, 0.15) is 12.3 Å². The number of thiophene rings is 1. The van der Waals surface area contributed by atoms with Gasteiger partial charge in [0.05, 0.1) is 29.8 Å². The quantitative estimate of drug-likeness (QED) is 0.530. The van der Waals surface area contributed by atoms with Gasteiger partial charge in [0.2, 0.25) is 11.8 Å². The lowest BCUT2D eigenvalue weighted by Gasteiger charge is -2.21. The Morgan fingerprint density at radius 2 is 2.00 bits per heavy atom. The van der Waals surface area contributed by atoms with Gasteiger partial charge >= 0.3 is 6.18 Å². The molecule has 0 atom stereocenters. The lowest BCUT2D eigenvalue weighted by molar-refractivity contribution is -0.137. The molecule has 5 nitrogen and oxygen atoms in total. The Morgan fingerprint density at radius 3 is 2.63 bits per heavy atom. The molecule has 2 amide bonds. The molecular formula is C20H16ClF3N2O3S. The lowest BCUT2D eigenvalue weighted by atomic mass is 10.2. The van der Waals surface area contributed by atoms with E-state index >= 15 is 0 Å². The molecule has 0 bridgehead atoms. The summed E-state index contributed by atoms with van der Waals surface area (Å²) < 4.78 is 44.3. The lowest BCUT2D eigenvalue weighted by Crippen LogP contribution is -2.38. The Labute approximate surface area is 179 Å². The summed E-state index contributed by atoms with van der Waals surface area (Å²) in [6.45, 7) is -0.300. The van der Waals surface area contributed by atoms with Crippen LogP contribution in [-0.4, -0.2) is 23.3 Å². The monoisotopic (exact) mass is 456 g/mol. The molecule has 0 unspecified atom stereocenters. The molecule has 158 valence electrons. The number of amides is 2. The van der Waals surface area contributed by atoms with Gasteiger partial charge in [0.15, 0.2) is 0 Å². The number of anilines is 1. The molecule has 0 aliphatic heterocycles. The summed E-state index contributed by atoms with van der Waals surface area (Å²) in [6.07, 6.45) is -3.11. The molecule has 30 heavy (non-hydrogen) atoms. The van der Waals surface area contributed by atoms with Crippen LogP contribution in [0.4, 0.5) is 18.9 Å². The minimum Gasteiger partial charge on any atom is -0.467 e. The third kappa shape index (κ3) is 5.87. The topological polar surface area (TPSA) is 62.6 Å². The van der Waals surface area contributed by atoms with Gasteiger partial charge in [-0.05, 0) is 52.7 Å². The van der Waals surface area contributed by atoms with Crippen molar-refractivity contribution in [1.29, 1.82) is 0 Å². The highest BCUT2D eigenvalue weighted by atomic mass is 35.5. The smallest absolute Gasteiger partial charge is 0.417 e. The van der Waals surface area contributed by atoms with E-state index in [1.165, 1.54) is 28.6 Å². The first-order chi connectivity index (χ1) is 14.2. The molecule has 10 heteroatoms. The van der Waals surface area contributed by atoms with Gasteiger partial charge in [-0.2, -0.15) is 24.5 Å². The summed E-state index contributed by atoms with van der Waals surface area (Å²) in [7, 11) is 0. The van der Waals surface area contributed by atoms with Gasteiger partial charge in [0, 0.05) is 5.69 Å². The molecule has 0 spiro atoms. The van der Waals surface area contributed by atoms with Gasteiger partial charge in [-0.3, -0.25) is 9.59 Å². The summed E-state index contributed by atoms with van der Waals surface area (Å²) in [5.41, 5.74) is -0.315. The molecule has 0 saturated carbocycles. The summed E-state index contributed by atoms with van der Waals surface area (Å²) in [5.74, 6) is -0.477. The average molecular weight is 457 g/mol. The van der Waals surface area contributed by atoms with Gasteiger partial charge in [0.25, 0.3) is 0 Å². The van der Waals surface area contributed by atoms with E-state index in [1.54, 1.807) is 18.2 Å². The zero-order chi connectivity index (χ0) is 21.7. The first-order valence-electron chi connectivity index (χ1n) is 8.70. The van der Waals surface area contributed by atoms with Crippen LogP contribution in [0.25, 0.3) is 0 Å². The zero-order valence-corrected chi connectivity index (χ0v) is 17.0. The fraction of sp³-hybridized carbons (Fsp3) is 0.200. The maximum Gasteiger partial charge on any atom is 0.417 e. The number of nitrogens with one attached hydrogen (secondary N) is 1. The molecule has 3 aromatic rings. The molecule has 2 heterocycles. The molecular weight excluding hydrogens is 441 g/mol. The third-order valence-electron chi connectivity index (χ3n) is 4.10. The number of benzene rings is 1. The molecule has 0 aliphatic rings. The molecule has 1 N–H and O–H groups in total. The van der Waals surface area contributed by atoms with E-state index in [4.69, 9.17) is 16.0 Å². The van der Waals surface area contributed by atoms with Crippen molar-refractivity contribution < 1.29 is 27.2 Å². The van der Waals surface area contributed by atoms with Gasteiger partial charge in [-0.15, -0.1) is 0 Å². The Bertz CT molecular complexity index is 1000. The van der Waals surface area contributed by atoms with Crippen LogP contribution in [0.3, 0.4) is 0 Å². The number of alkyl halides is 3. The minimum atomic E-state index is -4.65. The van der Waals surface area contributed by atoms with E-state index in [-0.39, 0.29) is 31.1 Å². The van der Waals surface area contributed by atoms with Crippen molar-refractivity contribution in [3.05, 3.63) is 75.3 Å². The van der Waals surface area contributed by atoms with Crippen LogP contribution >= 0.6 is 22.9 Å². The van der Waals surface area contributed by atoms with Crippen molar-refractivity contribution in [3.8, 4) is 0 Å². The second kappa shape index (κ2) is 9.36. The second-order valence-corrected chi connectivity index (χ2v) is 7.57. The summed E-state index contributed by atoms with van der Waals surface area (Å²) in [4.78, 5) is 26.4. The number of furan rings is 1. The minimum absolute atomic E-state index is 0.0534. The molecule has 0 aliphatic carbocycles. The largest absolute Gasteiger partial charge is 0.467 e. The first kappa shape index (κ1) is 21.9. The van der Waals surface area contributed by atoms with Crippen molar-refractivity contribution in [2.75, 3.05) is 11.9 Å². The zero-order valence-electron chi connectivity index (χ0n) is 15.4. The Balaban J connectivity index is 1.72. The van der Waals surface area contributed by atoms with Crippen molar-refractivity contribution in [1.82, 2.24) is 4.90 Å². The van der Waals surface area contributed by atoms with E-state index in [9.17, 15) is 22.8 Å². The Hall–Kier alpha value is -2.78. The number of rotatable bonds is 7. The average Bonchev–Trinajstić information content (AvgIpc) is 3.36. The molecule has 0 radical (unpaired) electrons. The molecule has 2 aromatic heterocycles. The standard InChI is InChI=1S/C20H16ClF3N2O3S/c21-17-4-3-14(9-16(17)20(22,23)24)25-18(27)11-26(10-15-2-1-6-29-15)19(28)8-13-5-7-30-12-13/h1-7,9,12H,8,10-11H2,(H,25,27). The van der Waals surface area contributed by atoms with Crippen LogP contribution in [0.2, 0.25) is 5.02 Å². The molecule has 3 rings (SSSR count). The predicted molar refractivity (Wildman–Crippen MR) is 107 cm³/mol. The van der Waals surface area contributed by atoms with Gasteiger partial charge in [-0.25, -0.2) is 0 Å². The van der Waals surface area contributed by atoms with Crippen LogP contribution in [0, 0.1) is 0 Å². The number of hydrogen-bond acceptors (Lipinski definition) is 4. The highest BCUT2D eigenvalue weighted by Gasteiger charge is 2.33. The normalized spacial score (nSPS) is 11.3. The summed E-state index contributed by atoms with van der Waals surface area (Å²) >= 11 is 7.04. The van der Waals surface area contributed by atoms with Crippen LogP contribution in [0.15, 0.2) is 57.8 Å². The fourth-order valence-corrected chi connectivity index (χ4v) is 3.59.